The molecule has 3 aliphatic carbocycles. The van der Waals surface area contributed by atoms with Gasteiger partial charge in [0.2, 0.25) is 0 Å². The molecule has 0 unspecified atom stereocenters. The molecule has 1 aromatic carbocycles. The number of thiazole rings is 1. The van der Waals surface area contributed by atoms with Crippen LogP contribution in [0.1, 0.15) is 125 Å². The zero-order valence-electron chi connectivity index (χ0n) is 24.3. The Kier molecular flexibility index (Phi) is 8.24. The average molecular weight is 551 g/mol. The number of carboxylic acid groups (broad SMARTS) is 1. The second kappa shape index (κ2) is 11.3. The highest BCUT2D eigenvalue weighted by molar-refractivity contribution is 7.17. The second-order valence-corrected chi connectivity index (χ2v) is 14.9. The third kappa shape index (κ3) is 6.75. The molecule has 5 nitrogen and oxygen atoms in total. The number of carbonyl (C=O) groups is 2. The van der Waals surface area contributed by atoms with Crippen LogP contribution in [-0.4, -0.2) is 28.5 Å². The molecule has 1 heterocycles. The molecule has 6 heteroatoms. The average Bonchev–Trinajstić information content (AvgIpc) is 3.53. The first-order valence-corrected chi connectivity index (χ1v) is 16.0. The third-order valence-electron chi connectivity index (χ3n) is 9.60. The lowest BCUT2D eigenvalue weighted by Gasteiger charge is -2.25. The van der Waals surface area contributed by atoms with E-state index in [-0.39, 0.29) is 22.7 Å². The summed E-state index contributed by atoms with van der Waals surface area (Å²) in [5.41, 5.74) is 5.40. The van der Waals surface area contributed by atoms with E-state index in [0.29, 0.717) is 36.2 Å². The van der Waals surface area contributed by atoms with Crippen molar-refractivity contribution in [2.24, 2.45) is 17.8 Å². The van der Waals surface area contributed by atoms with Gasteiger partial charge in [-0.2, -0.15) is 0 Å². The van der Waals surface area contributed by atoms with Crippen LogP contribution in [-0.2, 0) is 22.0 Å². The summed E-state index contributed by atoms with van der Waals surface area (Å²) in [6.45, 7) is 9.81. The van der Waals surface area contributed by atoms with Crippen molar-refractivity contribution >= 4 is 23.2 Å². The van der Waals surface area contributed by atoms with Crippen LogP contribution >= 0.6 is 11.3 Å². The van der Waals surface area contributed by atoms with E-state index in [1.807, 2.05) is 0 Å². The zero-order valence-corrected chi connectivity index (χ0v) is 25.1. The Balaban J connectivity index is 1.40. The lowest BCUT2D eigenvalue weighted by molar-refractivity contribution is -0.143. The molecule has 5 rings (SSSR count). The molecule has 0 aliphatic heterocycles. The molecule has 0 spiro atoms. The van der Waals surface area contributed by atoms with Crippen molar-refractivity contribution < 1.29 is 14.7 Å². The summed E-state index contributed by atoms with van der Waals surface area (Å²) >= 11 is 1.56. The number of aliphatic carboxylic acids is 1. The fourth-order valence-electron chi connectivity index (χ4n) is 6.42. The van der Waals surface area contributed by atoms with Crippen molar-refractivity contribution in [3.8, 4) is 10.4 Å². The lowest BCUT2D eigenvalue weighted by atomic mass is 9.82. The maximum absolute atomic E-state index is 13.4. The van der Waals surface area contributed by atoms with E-state index in [2.05, 4.69) is 51.2 Å². The summed E-state index contributed by atoms with van der Waals surface area (Å²) in [4.78, 5) is 30.8. The molecule has 0 saturated heterocycles. The minimum Gasteiger partial charge on any atom is -0.481 e. The van der Waals surface area contributed by atoms with Crippen LogP contribution < -0.4 is 5.32 Å². The maximum Gasteiger partial charge on any atom is 0.306 e. The summed E-state index contributed by atoms with van der Waals surface area (Å²) in [6.07, 6.45) is 13.0. The molecule has 212 valence electrons. The van der Waals surface area contributed by atoms with Gasteiger partial charge in [0, 0.05) is 6.54 Å². The molecule has 1 amide bonds. The van der Waals surface area contributed by atoms with Gasteiger partial charge in [-0.05, 0) is 96.4 Å². The Labute approximate surface area is 238 Å². The molecule has 2 aromatic rings. The maximum atomic E-state index is 13.4. The summed E-state index contributed by atoms with van der Waals surface area (Å²) < 4.78 is 0. The van der Waals surface area contributed by atoms with E-state index in [1.165, 1.54) is 66.5 Å². The van der Waals surface area contributed by atoms with Gasteiger partial charge in [0.15, 0.2) is 5.01 Å². The number of nitrogens with zero attached hydrogens (tertiary/aromatic N) is 1. The van der Waals surface area contributed by atoms with E-state index in [1.54, 1.807) is 11.3 Å². The molecule has 2 N–H and O–H groups in total. The predicted octanol–water partition coefficient (Wildman–Crippen LogP) is 7.90. The van der Waals surface area contributed by atoms with E-state index >= 15 is 0 Å². The molecule has 3 aliphatic rings. The number of amides is 1. The van der Waals surface area contributed by atoms with Crippen molar-refractivity contribution in [1.29, 1.82) is 0 Å². The van der Waals surface area contributed by atoms with Gasteiger partial charge < -0.3 is 10.4 Å². The minimum atomic E-state index is -0.687. The van der Waals surface area contributed by atoms with E-state index < -0.39 is 5.97 Å². The van der Waals surface area contributed by atoms with Crippen molar-refractivity contribution in [3.63, 3.8) is 0 Å². The molecule has 1 aromatic heterocycles. The number of hydrogen-bond acceptors (Lipinski definition) is 4. The van der Waals surface area contributed by atoms with Gasteiger partial charge in [0.25, 0.3) is 5.91 Å². The zero-order chi connectivity index (χ0) is 27.8. The smallest absolute Gasteiger partial charge is 0.306 e. The summed E-state index contributed by atoms with van der Waals surface area (Å²) in [5, 5.41) is 13.0. The number of hydrogen-bond donors (Lipinski definition) is 2. The second-order valence-electron chi connectivity index (χ2n) is 13.9. The van der Waals surface area contributed by atoms with Gasteiger partial charge in [0.05, 0.1) is 16.5 Å². The number of aromatic nitrogens is 1. The van der Waals surface area contributed by atoms with Crippen LogP contribution in [0.15, 0.2) is 18.2 Å². The Hall–Kier alpha value is -2.21. The molecule has 0 radical (unpaired) electrons. The third-order valence-corrected chi connectivity index (χ3v) is 10.7. The molecule has 0 atom stereocenters. The van der Waals surface area contributed by atoms with Crippen LogP contribution in [0.2, 0.25) is 0 Å². The largest absolute Gasteiger partial charge is 0.481 e. The quantitative estimate of drug-likeness (QED) is 0.350. The number of rotatable bonds is 8. The molecule has 0 bridgehead atoms. The van der Waals surface area contributed by atoms with Crippen LogP contribution in [0.4, 0.5) is 0 Å². The van der Waals surface area contributed by atoms with Gasteiger partial charge >= 0.3 is 5.97 Å². The minimum absolute atomic E-state index is 0.0457. The SMILES string of the molecule is CC(C)(C)c1cc(-c2sc(C(=O)NCC3CCC(C(=O)O)CC3)nc2CC2CCCCC2)cc(C2(C)CC2)c1. The normalized spacial score (nSPS) is 23.4. The first kappa shape index (κ1) is 28.3. The van der Waals surface area contributed by atoms with E-state index in [4.69, 9.17) is 4.98 Å². The number of benzene rings is 1. The summed E-state index contributed by atoms with van der Waals surface area (Å²) in [6, 6.07) is 7.13. The van der Waals surface area contributed by atoms with Crippen molar-refractivity contribution in [3.05, 3.63) is 40.0 Å². The van der Waals surface area contributed by atoms with Gasteiger partial charge in [-0.25, -0.2) is 4.98 Å². The molecule has 39 heavy (non-hydrogen) atoms. The molecule has 3 saturated carbocycles. The van der Waals surface area contributed by atoms with Crippen molar-refractivity contribution in [2.75, 3.05) is 6.54 Å². The number of nitrogens with one attached hydrogen (secondary N) is 1. The first-order valence-electron chi connectivity index (χ1n) is 15.2. The van der Waals surface area contributed by atoms with Crippen molar-refractivity contribution in [1.82, 2.24) is 10.3 Å². The highest BCUT2D eigenvalue weighted by Crippen LogP contribution is 2.50. The van der Waals surface area contributed by atoms with Gasteiger partial charge in [-0.1, -0.05) is 65.9 Å². The van der Waals surface area contributed by atoms with Gasteiger partial charge in [0.1, 0.15) is 0 Å². The summed E-state index contributed by atoms with van der Waals surface area (Å²) in [7, 11) is 0. The molecular weight excluding hydrogens is 504 g/mol. The summed E-state index contributed by atoms with van der Waals surface area (Å²) in [5.74, 6) is -0.0138. The monoisotopic (exact) mass is 550 g/mol. The Morgan fingerprint density at radius 2 is 1.69 bits per heavy atom. The Morgan fingerprint density at radius 3 is 2.31 bits per heavy atom. The fourth-order valence-corrected chi connectivity index (χ4v) is 7.42. The topological polar surface area (TPSA) is 79.3 Å². The standard InChI is InChI=1S/C33H46N2O3S/c1-32(2,3)25-17-24(18-26(19-25)33(4)14-15-33)28-27(16-21-8-6-5-7-9-21)35-30(39-28)29(36)34-20-22-10-12-23(13-11-22)31(37)38/h17-19,21-23H,5-16,20H2,1-4H3,(H,34,36)(H,37,38). The lowest BCUT2D eigenvalue weighted by Crippen LogP contribution is -2.32. The number of carbonyl (C=O) groups excluding carboxylic acids is 1. The highest BCUT2D eigenvalue weighted by Gasteiger charge is 2.40. The van der Waals surface area contributed by atoms with Crippen LogP contribution in [0.3, 0.4) is 0 Å². The van der Waals surface area contributed by atoms with Gasteiger partial charge in [-0.3, -0.25) is 9.59 Å². The van der Waals surface area contributed by atoms with Crippen LogP contribution in [0.25, 0.3) is 10.4 Å². The molecular formula is C33H46N2O3S. The van der Waals surface area contributed by atoms with E-state index in [9.17, 15) is 14.7 Å². The van der Waals surface area contributed by atoms with Crippen LogP contribution in [0, 0.1) is 17.8 Å². The Bertz CT molecular complexity index is 1170. The Morgan fingerprint density at radius 1 is 1.00 bits per heavy atom. The number of carboxylic acids is 1. The fraction of sp³-hybridized carbons (Fsp3) is 0.667. The van der Waals surface area contributed by atoms with Crippen molar-refractivity contribution in [2.45, 2.75) is 116 Å². The highest BCUT2D eigenvalue weighted by atomic mass is 32.1. The molecule has 3 fully saturated rings. The van der Waals surface area contributed by atoms with Crippen LogP contribution in [0.5, 0.6) is 0 Å². The van der Waals surface area contributed by atoms with Gasteiger partial charge in [-0.15, -0.1) is 11.3 Å². The first-order chi connectivity index (χ1) is 18.5. The van der Waals surface area contributed by atoms with E-state index in [0.717, 1.165) is 25.0 Å². The predicted molar refractivity (Wildman–Crippen MR) is 159 cm³/mol.